The number of amides is 1. The van der Waals surface area contributed by atoms with Gasteiger partial charge in [-0.05, 0) is 17.7 Å². The highest BCUT2D eigenvalue weighted by atomic mass is 32.1. The lowest BCUT2D eigenvalue weighted by Crippen LogP contribution is -2.26. The summed E-state index contributed by atoms with van der Waals surface area (Å²) >= 11 is 1.54. The maximum atomic E-state index is 11.7. The molecule has 1 heterocycles. The van der Waals surface area contributed by atoms with Crippen molar-refractivity contribution in [3.63, 3.8) is 0 Å². The summed E-state index contributed by atoms with van der Waals surface area (Å²) in [6.45, 7) is 1.51. The van der Waals surface area contributed by atoms with Gasteiger partial charge in [0.1, 0.15) is 16.8 Å². The van der Waals surface area contributed by atoms with Crippen LogP contribution in [0.4, 0.5) is 0 Å². The highest BCUT2D eigenvalue weighted by Crippen LogP contribution is 2.30. The third-order valence-electron chi connectivity index (χ3n) is 3.61. The van der Waals surface area contributed by atoms with Gasteiger partial charge in [-0.25, -0.2) is 4.98 Å². The zero-order chi connectivity index (χ0) is 16.9. The molecule has 1 aromatic heterocycles. The number of methoxy groups -OCH3 is 1. The number of hydrogen-bond donors (Lipinski definition) is 1. The number of nitrogens with zero attached hydrogens (tertiary/aromatic N) is 1. The molecule has 0 saturated carbocycles. The van der Waals surface area contributed by atoms with Gasteiger partial charge in [-0.2, -0.15) is 0 Å². The molecule has 3 aromatic rings. The second kappa shape index (κ2) is 7.27. The van der Waals surface area contributed by atoms with E-state index in [4.69, 9.17) is 9.72 Å². The number of carbonyl (C=O) groups excluding carboxylic acids is 1. The fourth-order valence-electron chi connectivity index (χ4n) is 2.47. The number of rotatable bonds is 5. The molecule has 0 aliphatic heterocycles. The van der Waals surface area contributed by atoms with E-state index in [-0.39, 0.29) is 11.9 Å². The number of benzene rings is 2. The molecule has 0 saturated heterocycles. The molecule has 122 valence electrons. The number of nitrogens with one attached hydrogen (secondary N) is 1. The summed E-state index contributed by atoms with van der Waals surface area (Å²) in [7, 11) is 1.63. The second-order valence-corrected chi connectivity index (χ2v) is 6.24. The van der Waals surface area contributed by atoms with Gasteiger partial charge in [-0.1, -0.05) is 42.5 Å². The fourth-order valence-corrected chi connectivity index (χ4v) is 3.38. The Kier molecular flexibility index (Phi) is 4.91. The van der Waals surface area contributed by atoms with Gasteiger partial charge in [0.25, 0.3) is 0 Å². The molecule has 2 aromatic carbocycles. The summed E-state index contributed by atoms with van der Waals surface area (Å²) in [6.07, 6.45) is 0. The van der Waals surface area contributed by atoms with E-state index in [2.05, 4.69) is 5.32 Å². The number of hydrogen-bond acceptors (Lipinski definition) is 4. The molecular formula is C19H18N2O2S. The lowest BCUT2D eigenvalue weighted by atomic mass is 10.1. The van der Waals surface area contributed by atoms with E-state index >= 15 is 0 Å². The van der Waals surface area contributed by atoms with Crippen LogP contribution >= 0.6 is 11.3 Å². The molecule has 0 aliphatic carbocycles. The normalized spacial score (nSPS) is 11.8. The van der Waals surface area contributed by atoms with Crippen molar-refractivity contribution < 1.29 is 9.53 Å². The summed E-state index contributed by atoms with van der Waals surface area (Å²) in [6, 6.07) is 17.4. The zero-order valence-electron chi connectivity index (χ0n) is 13.5. The number of thiazole rings is 1. The SMILES string of the molecule is COc1cccc(C(NC(C)=O)c2nc(-c3ccccc3)cs2)c1. The van der Waals surface area contributed by atoms with E-state index in [1.54, 1.807) is 7.11 Å². The van der Waals surface area contributed by atoms with Crippen molar-refractivity contribution in [3.05, 3.63) is 70.5 Å². The molecule has 1 unspecified atom stereocenters. The third kappa shape index (κ3) is 3.63. The average molecular weight is 338 g/mol. The molecule has 1 atom stereocenters. The van der Waals surface area contributed by atoms with E-state index in [0.717, 1.165) is 27.6 Å². The Hall–Kier alpha value is -2.66. The van der Waals surface area contributed by atoms with Crippen LogP contribution in [0.15, 0.2) is 60.0 Å². The van der Waals surface area contributed by atoms with Crippen molar-refractivity contribution in [1.82, 2.24) is 10.3 Å². The van der Waals surface area contributed by atoms with Crippen LogP contribution in [0.2, 0.25) is 0 Å². The molecule has 0 radical (unpaired) electrons. The van der Waals surface area contributed by atoms with Crippen LogP contribution < -0.4 is 10.1 Å². The van der Waals surface area contributed by atoms with Crippen LogP contribution in [0.5, 0.6) is 5.75 Å². The number of ether oxygens (including phenoxy) is 1. The van der Waals surface area contributed by atoms with Gasteiger partial charge in [0, 0.05) is 17.9 Å². The molecule has 24 heavy (non-hydrogen) atoms. The molecule has 0 spiro atoms. The van der Waals surface area contributed by atoms with Crippen molar-refractivity contribution >= 4 is 17.2 Å². The number of aromatic nitrogens is 1. The molecule has 1 amide bonds. The average Bonchev–Trinajstić information content (AvgIpc) is 3.10. The second-order valence-electron chi connectivity index (χ2n) is 5.35. The van der Waals surface area contributed by atoms with Crippen LogP contribution in [0.3, 0.4) is 0 Å². The minimum atomic E-state index is -0.292. The summed E-state index contributed by atoms with van der Waals surface area (Å²) in [4.78, 5) is 16.4. The van der Waals surface area contributed by atoms with E-state index < -0.39 is 0 Å². The maximum absolute atomic E-state index is 11.7. The summed E-state index contributed by atoms with van der Waals surface area (Å²) in [5, 5.41) is 5.84. The largest absolute Gasteiger partial charge is 0.497 e. The van der Waals surface area contributed by atoms with E-state index in [1.807, 2.05) is 60.0 Å². The van der Waals surface area contributed by atoms with Crippen molar-refractivity contribution in [2.24, 2.45) is 0 Å². The molecular weight excluding hydrogens is 320 g/mol. The Morgan fingerprint density at radius 1 is 1.17 bits per heavy atom. The standard InChI is InChI=1S/C19H18N2O2S/c1-13(22)20-18(15-9-6-10-16(11-15)23-2)19-21-17(12-24-19)14-7-4-3-5-8-14/h3-12,18H,1-2H3,(H,20,22). The Bertz CT molecular complexity index is 830. The molecule has 4 nitrogen and oxygen atoms in total. The quantitative estimate of drug-likeness (QED) is 0.764. The fraction of sp³-hybridized carbons (Fsp3) is 0.158. The van der Waals surface area contributed by atoms with Gasteiger partial charge in [0.2, 0.25) is 5.91 Å². The molecule has 0 bridgehead atoms. The van der Waals surface area contributed by atoms with E-state index in [1.165, 1.54) is 18.3 Å². The van der Waals surface area contributed by atoms with Gasteiger partial charge in [0.05, 0.1) is 12.8 Å². The molecule has 5 heteroatoms. The first-order chi connectivity index (χ1) is 11.7. The minimum absolute atomic E-state index is 0.0979. The maximum Gasteiger partial charge on any atom is 0.217 e. The molecule has 0 aliphatic rings. The van der Waals surface area contributed by atoms with Crippen LogP contribution in [0.25, 0.3) is 11.3 Å². The highest BCUT2D eigenvalue weighted by Gasteiger charge is 2.20. The summed E-state index contributed by atoms with van der Waals surface area (Å²) in [5.41, 5.74) is 2.92. The van der Waals surface area contributed by atoms with E-state index in [0.29, 0.717) is 0 Å². The smallest absolute Gasteiger partial charge is 0.217 e. The first-order valence-corrected chi connectivity index (χ1v) is 8.47. The van der Waals surface area contributed by atoms with Crippen molar-refractivity contribution in [2.75, 3.05) is 7.11 Å². The van der Waals surface area contributed by atoms with Gasteiger partial charge in [0.15, 0.2) is 0 Å². The Balaban J connectivity index is 1.97. The van der Waals surface area contributed by atoms with Crippen molar-refractivity contribution in [3.8, 4) is 17.0 Å². The third-order valence-corrected chi connectivity index (χ3v) is 4.52. The Labute approximate surface area is 145 Å². The highest BCUT2D eigenvalue weighted by molar-refractivity contribution is 7.10. The van der Waals surface area contributed by atoms with Crippen molar-refractivity contribution in [1.29, 1.82) is 0 Å². The lowest BCUT2D eigenvalue weighted by molar-refractivity contribution is -0.119. The monoisotopic (exact) mass is 338 g/mol. The van der Waals surface area contributed by atoms with Gasteiger partial charge >= 0.3 is 0 Å². The number of carbonyl (C=O) groups is 1. The minimum Gasteiger partial charge on any atom is -0.497 e. The molecule has 0 fully saturated rings. The predicted octanol–water partition coefficient (Wildman–Crippen LogP) is 4.04. The Morgan fingerprint density at radius 3 is 2.67 bits per heavy atom. The van der Waals surface area contributed by atoms with Gasteiger partial charge in [-0.15, -0.1) is 11.3 Å². The van der Waals surface area contributed by atoms with Gasteiger partial charge in [-0.3, -0.25) is 4.79 Å². The van der Waals surface area contributed by atoms with E-state index in [9.17, 15) is 4.79 Å². The topological polar surface area (TPSA) is 51.2 Å². The molecule has 3 rings (SSSR count). The predicted molar refractivity (Wildman–Crippen MR) is 96.2 cm³/mol. The first-order valence-electron chi connectivity index (χ1n) is 7.59. The van der Waals surface area contributed by atoms with Gasteiger partial charge < -0.3 is 10.1 Å². The summed E-state index contributed by atoms with van der Waals surface area (Å²) < 4.78 is 5.29. The van der Waals surface area contributed by atoms with Crippen LogP contribution in [-0.4, -0.2) is 18.0 Å². The molecule has 1 N–H and O–H groups in total. The van der Waals surface area contributed by atoms with Crippen LogP contribution in [0, 0.1) is 0 Å². The first kappa shape index (κ1) is 16.2. The van der Waals surface area contributed by atoms with Crippen LogP contribution in [0.1, 0.15) is 23.5 Å². The zero-order valence-corrected chi connectivity index (χ0v) is 14.3. The van der Waals surface area contributed by atoms with Crippen molar-refractivity contribution in [2.45, 2.75) is 13.0 Å². The Morgan fingerprint density at radius 2 is 1.96 bits per heavy atom. The lowest BCUT2D eigenvalue weighted by Gasteiger charge is -2.16. The summed E-state index contributed by atoms with van der Waals surface area (Å²) in [5.74, 6) is 0.655. The van der Waals surface area contributed by atoms with Crippen LogP contribution in [-0.2, 0) is 4.79 Å².